The summed E-state index contributed by atoms with van der Waals surface area (Å²) in [4.78, 5) is 24.0. The third-order valence-corrected chi connectivity index (χ3v) is 2.12. The summed E-state index contributed by atoms with van der Waals surface area (Å²) in [5, 5.41) is 8.85. The summed E-state index contributed by atoms with van der Waals surface area (Å²) < 4.78 is 4.88. The van der Waals surface area contributed by atoms with E-state index in [2.05, 4.69) is 15.0 Å². The molecule has 0 atom stereocenters. The highest BCUT2D eigenvalue weighted by Crippen LogP contribution is 2.16. The van der Waals surface area contributed by atoms with Gasteiger partial charge in [-0.05, 0) is 17.5 Å². The first-order chi connectivity index (χ1) is 8.42. The Morgan fingerprint density at radius 3 is 2.61 bits per heavy atom. The molecule has 0 saturated heterocycles. The van der Waals surface area contributed by atoms with E-state index < -0.39 is 5.97 Å². The molecule has 0 aliphatic carbocycles. The average molecular weight is 275 g/mol. The van der Waals surface area contributed by atoms with Crippen molar-refractivity contribution < 1.29 is 14.6 Å². The van der Waals surface area contributed by atoms with Gasteiger partial charge in [0.25, 0.3) is 0 Å². The highest BCUT2D eigenvalue weighted by Gasteiger charge is 2.17. The molecule has 1 aromatic rings. The van der Waals surface area contributed by atoms with E-state index in [0.717, 1.165) is 0 Å². The van der Waals surface area contributed by atoms with Crippen molar-refractivity contribution in [1.82, 2.24) is 15.0 Å². The van der Waals surface area contributed by atoms with E-state index >= 15 is 0 Å². The molecule has 0 unspecified atom stereocenters. The van der Waals surface area contributed by atoms with Crippen LogP contribution >= 0.6 is 11.6 Å². The molecule has 0 saturated carbocycles. The van der Waals surface area contributed by atoms with Gasteiger partial charge in [-0.25, -0.2) is 0 Å². The van der Waals surface area contributed by atoms with Gasteiger partial charge in [0.05, 0.1) is 7.11 Å². The lowest BCUT2D eigenvalue weighted by atomic mass is 10.2. The first-order valence-electron chi connectivity index (χ1n) is 5.34. The molecule has 7 nitrogen and oxygen atoms in total. The first-order valence-corrected chi connectivity index (χ1v) is 5.72. The van der Waals surface area contributed by atoms with Crippen LogP contribution in [0.3, 0.4) is 0 Å². The maximum Gasteiger partial charge on any atom is 0.323 e. The number of halogens is 1. The highest BCUT2D eigenvalue weighted by molar-refractivity contribution is 6.28. The third kappa shape index (κ3) is 4.33. The van der Waals surface area contributed by atoms with Crippen molar-refractivity contribution in [2.24, 2.45) is 5.92 Å². The Kier molecular flexibility index (Phi) is 5.08. The molecule has 0 fully saturated rings. The fourth-order valence-corrected chi connectivity index (χ4v) is 1.52. The molecular formula is C10H15ClN4O3. The van der Waals surface area contributed by atoms with E-state index in [-0.39, 0.29) is 29.7 Å². The van der Waals surface area contributed by atoms with Crippen molar-refractivity contribution in [2.75, 3.05) is 25.1 Å². The van der Waals surface area contributed by atoms with Crippen molar-refractivity contribution in [3.05, 3.63) is 5.28 Å². The number of hydrogen-bond donors (Lipinski definition) is 1. The second-order valence-corrected chi connectivity index (χ2v) is 4.40. The van der Waals surface area contributed by atoms with Gasteiger partial charge in [0.1, 0.15) is 6.54 Å². The average Bonchev–Trinajstić information content (AvgIpc) is 2.26. The summed E-state index contributed by atoms with van der Waals surface area (Å²) in [5.74, 6) is -0.514. The van der Waals surface area contributed by atoms with Gasteiger partial charge in [-0.2, -0.15) is 15.0 Å². The predicted octanol–water partition coefficient (Wildman–Crippen LogP) is 1.08. The highest BCUT2D eigenvalue weighted by atomic mass is 35.5. The molecule has 1 heterocycles. The molecule has 0 radical (unpaired) electrons. The van der Waals surface area contributed by atoms with Gasteiger partial charge in [-0.1, -0.05) is 13.8 Å². The molecule has 1 aromatic heterocycles. The second-order valence-electron chi connectivity index (χ2n) is 4.06. The normalized spacial score (nSPS) is 10.5. The van der Waals surface area contributed by atoms with Crippen LogP contribution in [-0.2, 0) is 4.79 Å². The summed E-state index contributed by atoms with van der Waals surface area (Å²) in [6.07, 6.45) is 0. The fraction of sp³-hybridized carbons (Fsp3) is 0.600. The number of carbonyl (C=O) groups is 1. The quantitative estimate of drug-likeness (QED) is 0.830. The Balaban J connectivity index is 3.02. The fourth-order valence-electron chi connectivity index (χ4n) is 1.38. The van der Waals surface area contributed by atoms with Crippen LogP contribution in [0.15, 0.2) is 0 Å². The number of carboxylic acid groups (broad SMARTS) is 1. The molecule has 0 aliphatic heterocycles. The molecule has 0 amide bonds. The van der Waals surface area contributed by atoms with Crippen molar-refractivity contribution in [1.29, 1.82) is 0 Å². The van der Waals surface area contributed by atoms with Crippen LogP contribution in [0.5, 0.6) is 6.01 Å². The maximum atomic E-state index is 10.8. The van der Waals surface area contributed by atoms with Gasteiger partial charge in [0.2, 0.25) is 11.2 Å². The van der Waals surface area contributed by atoms with Gasteiger partial charge in [-0.3, -0.25) is 4.79 Å². The minimum Gasteiger partial charge on any atom is -0.480 e. The van der Waals surface area contributed by atoms with Crippen LogP contribution < -0.4 is 9.64 Å². The maximum absolute atomic E-state index is 10.8. The molecular weight excluding hydrogens is 260 g/mol. The minimum absolute atomic E-state index is 0.0315. The van der Waals surface area contributed by atoms with Gasteiger partial charge in [-0.15, -0.1) is 0 Å². The lowest BCUT2D eigenvalue weighted by Gasteiger charge is -2.22. The van der Waals surface area contributed by atoms with Crippen molar-refractivity contribution in [2.45, 2.75) is 13.8 Å². The number of hydrogen-bond acceptors (Lipinski definition) is 6. The smallest absolute Gasteiger partial charge is 0.323 e. The summed E-state index contributed by atoms with van der Waals surface area (Å²) >= 11 is 5.73. The molecule has 0 bridgehead atoms. The SMILES string of the molecule is COc1nc(Cl)nc(N(CC(=O)O)CC(C)C)n1. The van der Waals surface area contributed by atoms with Crippen LogP contribution in [0.2, 0.25) is 5.28 Å². The van der Waals surface area contributed by atoms with E-state index in [1.54, 1.807) is 0 Å². The lowest BCUT2D eigenvalue weighted by Crippen LogP contribution is -2.34. The predicted molar refractivity (Wildman–Crippen MR) is 66.1 cm³/mol. The van der Waals surface area contributed by atoms with Crippen LogP contribution in [0.4, 0.5) is 5.95 Å². The van der Waals surface area contributed by atoms with E-state index in [1.165, 1.54) is 12.0 Å². The molecule has 100 valence electrons. The Labute approximate surface area is 110 Å². The molecule has 0 spiro atoms. The zero-order valence-corrected chi connectivity index (χ0v) is 11.2. The molecule has 1 N–H and O–H groups in total. The summed E-state index contributed by atoms with van der Waals surface area (Å²) in [6.45, 7) is 4.22. The van der Waals surface area contributed by atoms with Gasteiger partial charge < -0.3 is 14.7 Å². The summed E-state index contributed by atoms with van der Waals surface area (Å²) in [5.41, 5.74) is 0. The number of ether oxygens (including phenoxy) is 1. The molecule has 18 heavy (non-hydrogen) atoms. The Bertz CT molecular complexity index is 428. The number of methoxy groups -OCH3 is 1. The van der Waals surface area contributed by atoms with E-state index in [0.29, 0.717) is 6.54 Å². The van der Waals surface area contributed by atoms with E-state index in [1.807, 2.05) is 13.8 Å². The van der Waals surface area contributed by atoms with Gasteiger partial charge in [0, 0.05) is 6.54 Å². The number of aliphatic carboxylic acids is 1. The van der Waals surface area contributed by atoms with Gasteiger partial charge >= 0.3 is 12.0 Å². The standard InChI is InChI=1S/C10H15ClN4O3/c1-6(2)4-15(5-7(16)17)9-12-8(11)13-10(14-9)18-3/h6H,4-5H2,1-3H3,(H,16,17). The Hall–Kier alpha value is -1.63. The number of rotatable bonds is 6. The Morgan fingerprint density at radius 1 is 1.44 bits per heavy atom. The second kappa shape index (κ2) is 6.34. The number of carboxylic acids is 1. The topological polar surface area (TPSA) is 88.4 Å². The van der Waals surface area contributed by atoms with Gasteiger partial charge in [0.15, 0.2) is 0 Å². The van der Waals surface area contributed by atoms with Crippen LogP contribution in [0.25, 0.3) is 0 Å². The molecule has 0 aliphatic rings. The van der Waals surface area contributed by atoms with E-state index in [4.69, 9.17) is 21.4 Å². The minimum atomic E-state index is -0.967. The van der Waals surface area contributed by atoms with Crippen molar-refractivity contribution in [3.63, 3.8) is 0 Å². The molecule has 1 rings (SSSR count). The van der Waals surface area contributed by atoms with Crippen LogP contribution in [0.1, 0.15) is 13.8 Å². The van der Waals surface area contributed by atoms with Crippen molar-refractivity contribution in [3.8, 4) is 6.01 Å². The number of aromatic nitrogens is 3. The van der Waals surface area contributed by atoms with Crippen molar-refractivity contribution >= 4 is 23.5 Å². The zero-order valence-electron chi connectivity index (χ0n) is 10.4. The number of nitrogens with zero attached hydrogens (tertiary/aromatic N) is 4. The third-order valence-electron chi connectivity index (χ3n) is 1.95. The largest absolute Gasteiger partial charge is 0.480 e. The first kappa shape index (κ1) is 14.4. The molecule has 0 aromatic carbocycles. The number of anilines is 1. The molecule has 8 heteroatoms. The van der Waals surface area contributed by atoms with Crippen LogP contribution in [-0.4, -0.2) is 46.2 Å². The monoisotopic (exact) mass is 274 g/mol. The van der Waals surface area contributed by atoms with Crippen LogP contribution in [0, 0.1) is 5.92 Å². The summed E-state index contributed by atoms with van der Waals surface area (Å²) in [7, 11) is 1.40. The lowest BCUT2D eigenvalue weighted by molar-refractivity contribution is -0.135. The Morgan fingerprint density at radius 2 is 2.11 bits per heavy atom. The summed E-state index contributed by atoms with van der Waals surface area (Å²) in [6, 6.07) is 0.0594. The van der Waals surface area contributed by atoms with E-state index in [9.17, 15) is 4.79 Å². The zero-order chi connectivity index (χ0) is 13.7.